The van der Waals surface area contributed by atoms with Crippen LogP contribution in [0.3, 0.4) is 0 Å². The Labute approximate surface area is 143 Å². The molecule has 1 aliphatic carbocycles. The van der Waals surface area contributed by atoms with Crippen LogP contribution in [0.5, 0.6) is 0 Å². The Morgan fingerprint density at radius 1 is 1.04 bits per heavy atom. The highest BCUT2D eigenvalue weighted by atomic mass is 19.2. The zero-order valence-corrected chi connectivity index (χ0v) is 13.3. The Balaban J connectivity index is 1.77. The van der Waals surface area contributed by atoms with Gasteiger partial charge in [-0.25, -0.2) is 13.2 Å². The lowest BCUT2D eigenvalue weighted by molar-refractivity contribution is 0.0848. The van der Waals surface area contributed by atoms with Crippen LogP contribution < -0.4 is 5.32 Å². The molecule has 0 radical (unpaired) electrons. The maximum Gasteiger partial charge on any atom is 0.255 e. The first-order valence-corrected chi connectivity index (χ1v) is 7.82. The maximum atomic E-state index is 14.9. The molecule has 2 unspecified atom stereocenters. The Morgan fingerprint density at radius 3 is 2.24 bits per heavy atom. The lowest BCUT2D eigenvalue weighted by atomic mass is 9.86. The van der Waals surface area contributed by atoms with Gasteiger partial charge in [0.15, 0.2) is 6.17 Å². The quantitative estimate of drug-likeness (QED) is 0.873. The van der Waals surface area contributed by atoms with E-state index in [0.29, 0.717) is 11.1 Å². The number of alkyl halides is 2. The predicted octanol–water partition coefficient (Wildman–Crippen LogP) is 4.46. The van der Waals surface area contributed by atoms with Gasteiger partial charge in [0.05, 0.1) is 0 Å². The zero-order chi connectivity index (χ0) is 17.9. The van der Waals surface area contributed by atoms with Gasteiger partial charge in [-0.1, -0.05) is 48.5 Å². The van der Waals surface area contributed by atoms with Crippen LogP contribution in [-0.2, 0) is 6.42 Å². The Kier molecular flexibility index (Phi) is 4.74. The normalized spacial score (nSPS) is 22.8. The predicted molar refractivity (Wildman–Crippen MR) is 90.1 cm³/mol. The van der Waals surface area contributed by atoms with Crippen LogP contribution in [-0.4, -0.2) is 17.7 Å². The van der Waals surface area contributed by atoms with Gasteiger partial charge >= 0.3 is 0 Å². The van der Waals surface area contributed by atoms with E-state index in [2.05, 4.69) is 5.32 Å². The van der Waals surface area contributed by atoms with Crippen molar-refractivity contribution < 1.29 is 18.0 Å². The number of halogens is 3. The highest BCUT2D eigenvalue weighted by Gasteiger charge is 2.46. The van der Waals surface area contributed by atoms with E-state index in [1.165, 1.54) is 0 Å². The maximum absolute atomic E-state index is 14.9. The molecule has 0 fully saturated rings. The topological polar surface area (TPSA) is 29.1 Å². The summed E-state index contributed by atoms with van der Waals surface area (Å²) < 4.78 is 43.6. The third-order valence-electron chi connectivity index (χ3n) is 4.04. The van der Waals surface area contributed by atoms with Gasteiger partial charge in [-0.05, 0) is 29.8 Å². The summed E-state index contributed by atoms with van der Waals surface area (Å²) in [5, 5.41) is 2.40. The van der Waals surface area contributed by atoms with Gasteiger partial charge < -0.3 is 5.32 Å². The fourth-order valence-corrected chi connectivity index (χ4v) is 2.67. The van der Waals surface area contributed by atoms with Crippen LogP contribution in [0.1, 0.15) is 15.9 Å². The Morgan fingerprint density at radius 2 is 1.64 bits per heavy atom. The molecule has 25 heavy (non-hydrogen) atoms. The van der Waals surface area contributed by atoms with Crippen LogP contribution in [0.15, 0.2) is 84.3 Å². The molecule has 2 aromatic rings. The molecular weight excluding hydrogens is 327 g/mol. The summed E-state index contributed by atoms with van der Waals surface area (Å²) in [7, 11) is 0. The summed E-state index contributed by atoms with van der Waals surface area (Å²) in [6, 6.07) is 16.5. The third kappa shape index (κ3) is 3.65. The highest BCUT2D eigenvalue weighted by Crippen LogP contribution is 2.37. The second-order valence-electron chi connectivity index (χ2n) is 5.86. The lowest BCUT2D eigenvalue weighted by Crippen LogP contribution is -2.41. The second-order valence-corrected chi connectivity index (χ2v) is 5.86. The van der Waals surface area contributed by atoms with E-state index in [-0.39, 0.29) is 5.70 Å². The second kappa shape index (κ2) is 6.97. The first-order valence-electron chi connectivity index (χ1n) is 7.82. The first-order chi connectivity index (χ1) is 12.0. The molecule has 0 saturated carbocycles. The first kappa shape index (κ1) is 17.0. The van der Waals surface area contributed by atoms with E-state index in [0.717, 1.165) is 12.2 Å². The summed E-state index contributed by atoms with van der Waals surface area (Å²) in [5.41, 5.74) is -2.04. The van der Waals surface area contributed by atoms with Gasteiger partial charge in [0.25, 0.3) is 5.91 Å². The molecule has 3 rings (SSSR count). The van der Waals surface area contributed by atoms with Crippen LogP contribution in [0.4, 0.5) is 13.2 Å². The fraction of sp³-hybridized carbons (Fsp3) is 0.150. The number of carbonyl (C=O) groups is 1. The van der Waals surface area contributed by atoms with E-state index >= 15 is 0 Å². The molecule has 0 heterocycles. The number of rotatable bonds is 4. The van der Waals surface area contributed by atoms with Crippen molar-refractivity contribution in [2.24, 2.45) is 0 Å². The van der Waals surface area contributed by atoms with Gasteiger partial charge in [-0.2, -0.15) is 0 Å². The molecule has 0 spiro atoms. The average Bonchev–Trinajstić information content (AvgIpc) is 2.61. The number of hydrogen-bond acceptors (Lipinski definition) is 1. The van der Waals surface area contributed by atoms with Crippen molar-refractivity contribution in [3.05, 3.63) is 95.5 Å². The number of benzene rings is 2. The molecule has 1 aliphatic rings. The molecule has 1 N–H and O–H groups in total. The number of carbonyl (C=O) groups excluding carboxylic acids is 1. The summed E-state index contributed by atoms with van der Waals surface area (Å²) >= 11 is 0. The van der Waals surface area contributed by atoms with Crippen LogP contribution >= 0.6 is 0 Å². The van der Waals surface area contributed by atoms with Crippen molar-refractivity contribution in [1.82, 2.24) is 5.32 Å². The number of amides is 1. The number of allylic oxidation sites excluding steroid dienone is 3. The van der Waals surface area contributed by atoms with Gasteiger partial charge in [0.1, 0.15) is 5.83 Å². The number of hydrogen-bond donors (Lipinski definition) is 1. The largest absolute Gasteiger partial charge is 0.322 e. The monoisotopic (exact) mass is 343 g/mol. The van der Waals surface area contributed by atoms with E-state index in [1.807, 2.05) is 0 Å². The van der Waals surface area contributed by atoms with E-state index in [9.17, 15) is 18.0 Å². The van der Waals surface area contributed by atoms with Crippen LogP contribution in [0.2, 0.25) is 0 Å². The van der Waals surface area contributed by atoms with Crippen molar-refractivity contribution in [1.29, 1.82) is 0 Å². The Hall–Kier alpha value is -2.82. The zero-order valence-electron chi connectivity index (χ0n) is 13.3. The molecular formula is C20H16F3NO. The molecule has 1 amide bonds. The van der Waals surface area contributed by atoms with Crippen molar-refractivity contribution in [2.75, 3.05) is 0 Å². The van der Waals surface area contributed by atoms with Crippen molar-refractivity contribution >= 4 is 5.91 Å². The van der Waals surface area contributed by atoms with Crippen LogP contribution in [0, 0.1) is 0 Å². The third-order valence-corrected chi connectivity index (χ3v) is 4.04. The van der Waals surface area contributed by atoms with Crippen LogP contribution in [0.25, 0.3) is 0 Å². The smallest absolute Gasteiger partial charge is 0.255 e. The molecule has 0 bridgehead atoms. The molecule has 2 aromatic carbocycles. The summed E-state index contributed by atoms with van der Waals surface area (Å²) in [4.78, 5) is 12.1. The molecule has 0 aliphatic heterocycles. The summed E-state index contributed by atoms with van der Waals surface area (Å²) in [5.74, 6) is -1.76. The summed E-state index contributed by atoms with van der Waals surface area (Å²) in [6.45, 7) is 0. The fourth-order valence-electron chi connectivity index (χ4n) is 2.67. The van der Waals surface area contributed by atoms with E-state index in [1.54, 1.807) is 60.7 Å². The molecule has 2 atom stereocenters. The number of nitrogens with one attached hydrogen (secondary N) is 1. The van der Waals surface area contributed by atoms with Crippen molar-refractivity contribution in [2.45, 2.75) is 18.3 Å². The minimum atomic E-state index is -2.78. The lowest BCUT2D eigenvalue weighted by Gasteiger charge is -2.29. The van der Waals surface area contributed by atoms with Crippen molar-refractivity contribution in [3.63, 3.8) is 0 Å². The van der Waals surface area contributed by atoms with Crippen molar-refractivity contribution in [3.8, 4) is 0 Å². The molecule has 2 nitrogen and oxygen atoms in total. The van der Waals surface area contributed by atoms with Gasteiger partial charge in [0, 0.05) is 17.7 Å². The van der Waals surface area contributed by atoms with E-state index < -0.39 is 30.0 Å². The Bertz CT molecular complexity index is 817. The molecule has 0 saturated heterocycles. The minimum Gasteiger partial charge on any atom is -0.322 e. The standard InChI is InChI=1S/C20H16F3NO/c21-17-11-16(24-19(25)15-9-5-2-6-10-15)12-18(22)20(17,23)13-14-7-3-1-4-8-14/h1-12,17H,13H2,(H,24,25). The minimum absolute atomic E-state index is 0.0970. The molecule has 0 aromatic heterocycles. The molecule has 5 heteroatoms. The SMILES string of the molecule is O=C(NC1=CC(F)C(F)(Cc2ccccc2)C(F)=C1)c1ccccc1. The van der Waals surface area contributed by atoms with Gasteiger partial charge in [-0.15, -0.1) is 0 Å². The van der Waals surface area contributed by atoms with E-state index in [4.69, 9.17) is 0 Å². The summed E-state index contributed by atoms with van der Waals surface area (Å²) in [6.07, 6.45) is -0.899. The molecule has 128 valence electrons. The van der Waals surface area contributed by atoms with Gasteiger partial charge in [-0.3, -0.25) is 4.79 Å². The highest BCUT2D eigenvalue weighted by molar-refractivity contribution is 5.95. The average molecular weight is 343 g/mol. The van der Waals surface area contributed by atoms with Gasteiger partial charge in [0.2, 0.25) is 5.67 Å².